The summed E-state index contributed by atoms with van der Waals surface area (Å²) in [4.78, 5) is 32.5. The summed E-state index contributed by atoms with van der Waals surface area (Å²) in [5.41, 5.74) is 7.33. The lowest BCUT2D eigenvalue weighted by atomic mass is 9.82. The quantitative estimate of drug-likeness (QED) is 0.459. The molecule has 1 unspecified atom stereocenters. The van der Waals surface area contributed by atoms with Gasteiger partial charge >= 0.3 is 10.1 Å². The molecule has 1 aliphatic heterocycles. The molecule has 11 nitrogen and oxygen atoms in total. The molecule has 37 heavy (non-hydrogen) atoms. The number of carbonyl (C=O) groups is 2. The molecular weight excluding hydrogens is 500 g/mol. The monoisotopic (exact) mass is 526 g/mol. The van der Waals surface area contributed by atoms with E-state index >= 15 is 0 Å². The van der Waals surface area contributed by atoms with E-state index in [4.69, 9.17) is 24.6 Å². The SMILES string of the molecule is CC(=O)O.COc1cncc(-c2cccc(C3(c4ccc(OS(C)(=O)=O)cc4)N=C(N)N(C)C3=O)c2)c1. The summed E-state index contributed by atoms with van der Waals surface area (Å²) in [6.45, 7) is 1.08. The predicted molar refractivity (Wildman–Crippen MR) is 137 cm³/mol. The number of pyridine rings is 1. The Kier molecular flexibility index (Phi) is 7.82. The van der Waals surface area contributed by atoms with Gasteiger partial charge in [-0.25, -0.2) is 4.99 Å². The summed E-state index contributed by atoms with van der Waals surface area (Å²) in [6, 6.07) is 15.4. The van der Waals surface area contributed by atoms with Gasteiger partial charge in [-0.15, -0.1) is 0 Å². The summed E-state index contributed by atoms with van der Waals surface area (Å²) in [5.74, 6) is -0.362. The highest BCUT2D eigenvalue weighted by Crippen LogP contribution is 2.41. The van der Waals surface area contributed by atoms with Gasteiger partial charge in [0, 0.05) is 25.7 Å². The van der Waals surface area contributed by atoms with Crippen LogP contribution in [-0.2, 0) is 25.2 Å². The maximum absolute atomic E-state index is 13.5. The molecule has 0 bridgehead atoms. The van der Waals surface area contributed by atoms with Gasteiger partial charge in [0.05, 0.1) is 19.6 Å². The van der Waals surface area contributed by atoms with Gasteiger partial charge in [-0.05, 0) is 41.0 Å². The lowest BCUT2D eigenvalue weighted by molar-refractivity contribution is -0.134. The number of nitrogens with two attached hydrogens (primary N) is 1. The van der Waals surface area contributed by atoms with Crippen LogP contribution in [0.15, 0.2) is 72.0 Å². The molecule has 3 N–H and O–H groups in total. The highest BCUT2D eigenvalue weighted by atomic mass is 32.2. The molecule has 3 aromatic rings. The topological polar surface area (TPSA) is 161 Å². The number of hydrogen-bond acceptors (Lipinski definition) is 9. The van der Waals surface area contributed by atoms with E-state index in [0.717, 1.165) is 24.3 Å². The maximum Gasteiger partial charge on any atom is 0.306 e. The first kappa shape index (κ1) is 27.1. The number of carboxylic acids is 1. The average molecular weight is 527 g/mol. The standard InChI is InChI=1S/C23H22N4O5S.C2H4O2/c1-27-21(28)23(26-22(27)24,17-7-9-19(10-8-17)32-33(3,29)30)18-6-4-5-15(11-18)16-12-20(31-2)14-25-13-16;1-2(3)4/h4-14H,1-3H3,(H2,24,26);1H3,(H,3,4). The van der Waals surface area contributed by atoms with Gasteiger partial charge in [-0.1, -0.05) is 30.3 Å². The second-order valence-electron chi connectivity index (χ2n) is 8.07. The van der Waals surface area contributed by atoms with E-state index in [9.17, 15) is 13.2 Å². The fourth-order valence-electron chi connectivity index (χ4n) is 3.72. The first-order chi connectivity index (χ1) is 17.4. The highest BCUT2D eigenvalue weighted by Gasteiger charge is 2.49. The number of hydrogen-bond donors (Lipinski definition) is 2. The minimum atomic E-state index is -3.69. The highest BCUT2D eigenvalue weighted by molar-refractivity contribution is 7.86. The van der Waals surface area contributed by atoms with Crippen LogP contribution in [0, 0.1) is 0 Å². The van der Waals surface area contributed by atoms with Gasteiger partial charge in [-0.3, -0.25) is 19.5 Å². The van der Waals surface area contributed by atoms with Crippen molar-refractivity contribution in [2.75, 3.05) is 20.4 Å². The smallest absolute Gasteiger partial charge is 0.306 e. The third-order valence-corrected chi connectivity index (χ3v) is 5.82. The maximum atomic E-state index is 13.5. The number of aliphatic carboxylic acids is 1. The third-order valence-electron chi connectivity index (χ3n) is 5.32. The number of amides is 1. The Morgan fingerprint density at radius 2 is 1.68 bits per heavy atom. The molecule has 0 aliphatic carbocycles. The molecule has 2 aromatic carbocycles. The van der Waals surface area contributed by atoms with E-state index < -0.39 is 21.6 Å². The number of carbonyl (C=O) groups excluding carboxylic acids is 1. The third kappa shape index (κ3) is 6.04. The summed E-state index contributed by atoms with van der Waals surface area (Å²) in [6.07, 6.45) is 4.27. The molecule has 1 atom stereocenters. The normalized spacial score (nSPS) is 16.9. The number of likely N-dealkylation sites (N-methyl/N-ethyl adjacent to an activating group) is 1. The molecule has 194 valence electrons. The molecule has 0 saturated heterocycles. The van der Waals surface area contributed by atoms with Crippen molar-refractivity contribution < 1.29 is 32.0 Å². The van der Waals surface area contributed by atoms with Crippen LogP contribution in [-0.4, -0.2) is 61.7 Å². The van der Waals surface area contributed by atoms with Crippen LogP contribution in [0.1, 0.15) is 18.1 Å². The van der Waals surface area contributed by atoms with Crippen molar-refractivity contribution in [1.82, 2.24) is 9.88 Å². The zero-order chi connectivity index (χ0) is 27.4. The van der Waals surface area contributed by atoms with Gasteiger partial charge in [-0.2, -0.15) is 8.42 Å². The van der Waals surface area contributed by atoms with E-state index in [1.54, 1.807) is 44.8 Å². The Morgan fingerprint density at radius 1 is 1.03 bits per heavy atom. The molecule has 1 aliphatic rings. The Hall–Kier alpha value is -4.45. The number of guanidine groups is 1. The number of carboxylic acid groups (broad SMARTS) is 1. The van der Waals surface area contributed by atoms with Crippen molar-refractivity contribution in [3.8, 4) is 22.6 Å². The van der Waals surface area contributed by atoms with Crippen molar-refractivity contribution >= 4 is 28.0 Å². The van der Waals surface area contributed by atoms with Crippen LogP contribution in [0.5, 0.6) is 11.5 Å². The summed E-state index contributed by atoms with van der Waals surface area (Å²) < 4.78 is 33.1. The minimum Gasteiger partial charge on any atom is -0.495 e. The molecule has 0 saturated carbocycles. The van der Waals surface area contributed by atoms with E-state index in [2.05, 4.69) is 9.98 Å². The van der Waals surface area contributed by atoms with Crippen molar-refractivity contribution in [3.63, 3.8) is 0 Å². The van der Waals surface area contributed by atoms with Crippen LogP contribution in [0.4, 0.5) is 0 Å². The van der Waals surface area contributed by atoms with Crippen molar-refractivity contribution in [2.45, 2.75) is 12.5 Å². The molecule has 12 heteroatoms. The van der Waals surface area contributed by atoms with Crippen LogP contribution in [0.3, 0.4) is 0 Å². The number of nitrogens with zero attached hydrogens (tertiary/aromatic N) is 3. The largest absolute Gasteiger partial charge is 0.495 e. The van der Waals surface area contributed by atoms with Crippen molar-refractivity contribution in [2.24, 2.45) is 10.7 Å². The van der Waals surface area contributed by atoms with Crippen molar-refractivity contribution in [1.29, 1.82) is 0 Å². The number of aromatic nitrogens is 1. The Balaban J connectivity index is 0.000000886. The Labute approximate surface area is 214 Å². The Bertz CT molecular complexity index is 1450. The predicted octanol–water partition coefficient (Wildman–Crippen LogP) is 2.22. The fourth-order valence-corrected chi connectivity index (χ4v) is 4.18. The summed E-state index contributed by atoms with van der Waals surface area (Å²) in [7, 11) is -0.567. The molecule has 0 fully saturated rings. The summed E-state index contributed by atoms with van der Waals surface area (Å²) >= 11 is 0. The van der Waals surface area contributed by atoms with Crippen LogP contribution in [0.2, 0.25) is 0 Å². The van der Waals surface area contributed by atoms with Crippen LogP contribution < -0.4 is 14.7 Å². The lowest BCUT2D eigenvalue weighted by Gasteiger charge is -2.26. The minimum absolute atomic E-state index is 0.0740. The molecule has 1 aromatic heterocycles. The molecule has 1 amide bonds. The van der Waals surface area contributed by atoms with E-state index in [0.29, 0.717) is 16.9 Å². The Morgan fingerprint density at radius 3 is 2.22 bits per heavy atom. The van der Waals surface area contributed by atoms with E-state index in [1.807, 2.05) is 24.3 Å². The number of aliphatic imine (C=N–C) groups is 1. The summed E-state index contributed by atoms with van der Waals surface area (Å²) in [5, 5.41) is 7.42. The van der Waals surface area contributed by atoms with Gasteiger partial charge in [0.25, 0.3) is 11.9 Å². The van der Waals surface area contributed by atoms with Gasteiger partial charge in [0.2, 0.25) is 0 Å². The average Bonchev–Trinajstić information content (AvgIpc) is 3.08. The number of benzene rings is 2. The zero-order valence-electron chi connectivity index (χ0n) is 20.6. The van der Waals surface area contributed by atoms with E-state index in [1.165, 1.54) is 17.0 Å². The van der Waals surface area contributed by atoms with Gasteiger partial charge in [0.15, 0.2) is 11.5 Å². The first-order valence-electron chi connectivity index (χ1n) is 10.8. The van der Waals surface area contributed by atoms with Gasteiger partial charge in [0.1, 0.15) is 11.5 Å². The number of methoxy groups -OCH3 is 1. The van der Waals surface area contributed by atoms with Crippen LogP contribution in [0.25, 0.3) is 11.1 Å². The van der Waals surface area contributed by atoms with Gasteiger partial charge < -0.3 is 19.8 Å². The molecule has 4 rings (SSSR count). The fraction of sp³-hybridized carbons (Fsp3) is 0.200. The van der Waals surface area contributed by atoms with E-state index in [-0.39, 0.29) is 17.6 Å². The lowest BCUT2D eigenvalue weighted by Crippen LogP contribution is -2.41. The molecule has 0 spiro atoms. The molecular formula is C25H26N4O7S. The second kappa shape index (κ2) is 10.7. The number of ether oxygens (including phenoxy) is 1. The number of rotatable bonds is 6. The first-order valence-corrected chi connectivity index (χ1v) is 12.6. The van der Waals surface area contributed by atoms with Crippen molar-refractivity contribution in [3.05, 3.63) is 78.1 Å². The van der Waals surface area contributed by atoms with Crippen LogP contribution >= 0.6 is 0 Å². The molecule has 0 radical (unpaired) electrons. The molecule has 2 heterocycles. The zero-order valence-corrected chi connectivity index (χ0v) is 21.4. The second-order valence-corrected chi connectivity index (χ2v) is 9.64.